The molecule has 1 saturated heterocycles. The van der Waals surface area contributed by atoms with E-state index in [-0.39, 0.29) is 0 Å². The predicted octanol–water partition coefficient (Wildman–Crippen LogP) is 1.40. The van der Waals surface area contributed by atoms with E-state index >= 15 is 0 Å². The first kappa shape index (κ1) is 15.2. The summed E-state index contributed by atoms with van der Waals surface area (Å²) in [5.74, 6) is 1.33. The van der Waals surface area contributed by atoms with Crippen molar-refractivity contribution in [3.05, 3.63) is 17.7 Å². The van der Waals surface area contributed by atoms with Crippen molar-refractivity contribution in [3.8, 4) is 11.5 Å². The van der Waals surface area contributed by atoms with Crippen molar-refractivity contribution in [2.75, 3.05) is 33.2 Å². The van der Waals surface area contributed by atoms with E-state index in [0.717, 1.165) is 62.8 Å². The molecule has 1 aliphatic rings. The molecule has 120 valence electrons. The molecule has 2 aromatic rings. The highest BCUT2D eigenvalue weighted by Crippen LogP contribution is 2.21. The Kier molecular flexibility index (Phi) is 4.54. The first-order valence-corrected chi connectivity index (χ1v) is 7.93. The molecular weight excluding hydrogens is 280 g/mol. The van der Waals surface area contributed by atoms with Gasteiger partial charge in [-0.3, -0.25) is 9.58 Å². The van der Waals surface area contributed by atoms with Crippen LogP contribution in [-0.4, -0.2) is 62.9 Å². The van der Waals surface area contributed by atoms with Gasteiger partial charge in [-0.05, 0) is 20.4 Å². The molecule has 0 atom stereocenters. The highest BCUT2D eigenvalue weighted by atomic mass is 16.5. The molecule has 0 amide bonds. The summed E-state index contributed by atoms with van der Waals surface area (Å²) in [4.78, 5) is 9.24. The van der Waals surface area contributed by atoms with Gasteiger partial charge in [-0.15, -0.1) is 0 Å². The van der Waals surface area contributed by atoms with Crippen LogP contribution in [0.3, 0.4) is 0 Å². The van der Waals surface area contributed by atoms with Gasteiger partial charge in [0.1, 0.15) is 0 Å². The lowest BCUT2D eigenvalue weighted by molar-refractivity contribution is 0.144. The third kappa shape index (κ3) is 3.36. The summed E-state index contributed by atoms with van der Waals surface area (Å²) in [5, 5.41) is 8.61. The van der Waals surface area contributed by atoms with Crippen LogP contribution in [0.15, 0.2) is 10.7 Å². The Hall–Kier alpha value is -1.73. The van der Waals surface area contributed by atoms with E-state index in [0.29, 0.717) is 5.89 Å². The van der Waals surface area contributed by atoms with E-state index in [1.165, 1.54) is 0 Å². The number of piperazine rings is 1. The minimum absolute atomic E-state index is 0.573. The van der Waals surface area contributed by atoms with Gasteiger partial charge in [0.05, 0.1) is 17.8 Å². The molecule has 1 aliphatic heterocycles. The Balaban J connectivity index is 1.68. The van der Waals surface area contributed by atoms with E-state index < -0.39 is 0 Å². The van der Waals surface area contributed by atoms with Crippen molar-refractivity contribution >= 4 is 0 Å². The highest BCUT2D eigenvalue weighted by molar-refractivity contribution is 5.54. The number of likely N-dealkylation sites (N-methyl/N-ethyl adjacent to an activating group) is 1. The van der Waals surface area contributed by atoms with Crippen molar-refractivity contribution in [3.63, 3.8) is 0 Å². The quantitative estimate of drug-likeness (QED) is 0.832. The normalized spacial score (nSPS) is 17.2. The van der Waals surface area contributed by atoms with Gasteiger partial charge in [-0.25, -0.2) is 0 Å². The summed E-state index contributed by atoms with van der Waals surface area (Å²) in [7, 11) is 2.15. The minimum Gasteiger partial charge on any atom is -0.334 e. The molecule has 0 N–H and O–H groups in total. The molecule has 0 unspecified atom stereocenters. The highest BCUT2D eigenvalue weighted by Gasteiger charge is 2.18. The second-order valence-corrected chi connectivity index (χ2v) is 5.99. The zero-order valence-electron chi connectivity index (χ0n) is 13.6. The minimum atomic E-state index is 0.573. The largest absolute Gasteiger partial charge is 0.334 e. The van der Waals surface area contributed by atoms with E-state index in [1.54, 1.807) is 0 Å². The molecule has 22 heavy (non-hydrogen) atoms. The molecule has 0 aliphatic carbocycles. The van der Waals surface area contributed by atoms with Gasteiger partial charge in [-0.1, -0.05) is 12.1 Å². The fourth-order valence-electron chi connectivity index (χ4n) is 2.71. The summed E-state index contributed by atoms with van der Waals surface area (Å²) in [5.41, 5.74) is 1.87. The molecule has 7 nitrogen and oxygen atoms in total. The van der Waals surface area contributed by atoms with Gasteiger partial charge in [0.25, 0.3) is 5.89 Å². The van der Waals surface area contributed by atoms with E-state index in [2.05, 4.69) is 39.0 Å². The van der Waals surface area contributed by atoms with E-state index in [1.807, 2.05) is 17.8 Å². The average molecular weight is 304 g/mol. The van der Waals surface area contributed by atoms with Crippen molar-refractivity contribution in [2.24, 2.45) is 0 Å². The summed E-state index contributed by atoms with van der Waals surface area (Å²) in [6.45, 7) is 10.1. The predicted molar refractivity (Wildman–Crippen MR) is 83.3 cm³/mol. The van der Waals surface area contributed by atoms with Gasteiger partial charge in [0.15, 0.2) is 5.82 Å². The average Bonchev–Trinajstić information content (AvgIpc) is 3.09. The van der Waals surface area contributed by atoms with Crippen LogP contribution in [0.2, 0.25) is 0 Å². The van der Waals surface area contributed by atoms with Crippen LogP contribution in [-0.2, 0) is 13.1 Å². The fraction of sp³-hybridized carbons (Fsp3) is 0.667. The van der Waals surface area contributed by atoms with E-state index in [4.69, 9.17) is 4.52 Å². The van der Waals surface area contributed by atoms with Gasteiger partial charge < -0.3 is 9.42 Å². The molecule has 0 radical (unpaired) electrons. The number of aryl methyl sites for hydroxylation is 2. The maximum atomic E-state index is 5.43. The third-order valence-corrected chi connectivity index (χ3v) is 4.06. The Morgan fingerprint density at radius 3 is 2.73 bits per heavy atom. The van der Waals surface area contributed by atoms with Crippen molar-refractivity contribution in [1.29, 1.82) is 0 Å². The molecule has 1 fully saturated rings. The van der Waals surface area contributed by atoms with Crippen LogP contribution in [0.4, 0.5) is 0 Å². The SMILES string of the molecule is CCCn1cc(-c2nc(CN3CCN(C)CC3)no2)c(C)n1. The van der Waals surface area contributed by atoms with Gasteiger partial charge in [0.2, 0.25) is 0 Å². The molecule has 2 aromatic heterocycles. The summed E-state index contributed by atoms with van der Waals surface area (Å²) in [6.07, 6.45) is 3.05. The summed E-state index contributed by atoms with van der Waals surface area (Å²) < 4.78 is 7.37. The van der Waals surface area contributed by atoms with E-state index in [9.17, 15) is 0 Å². The molecule has 3 heterocycles. The Morgan fingerprint density at radius 1 is 1.23 bits per heavy atom. The number of nitrogens with zero attached hydrogens (tertiary/aromatic N) is 6. The number of aromatic nitrogens is 4. The molecule has 7 heteroatoms. The maximum Gasteiger partial charge on any atom is 0.261 e. The number of hydrogen-bond donors (Lipinski definition) is 0. The van der Waals surface area contributed by atoms with Crippen LogP contribution in [0.5, 0.6) is 0 Å². The van der Waals surface area contributed by atoms with Crippen LogP contribution in [0, 0.1) is 6.92 Å². The molecule has 3 rings (SSSR count). The van der Waals surface area contributed by atoms with Crippen molar-refractivity contribution in [2.45, 2.75) is 33.4 Å². The Labute approximate surface area is 130 Å². The first-order valence-electron chi connectivity index (χ1n) is 7.93. The molecule has 0 aromatic carbocycles. The molecule has 0 spiro atoms. The zero-order valence-corrected chi connectivity index (χ0v) is 13.6. The van der Waals surface area contributed by atoms with Crippen LogP contribution in [0.25, 0.3) is 11.5 Å². The monoisotopic (exact) mass is 304 g/mol. The fourth-order valence-corrected chi connectivity index (χ4v) is 2.71. The second-order valence-electron chi connectivity index (χ2n) is 5.99. The Bertz CT molecular complexity index is 611. The lowest BCUT2D eigenvalue weighted by atomic mass is 10.2. The molecular formula is C15H24N6O. The smallest absolute Gasteiger partial charge is 0.261 e. The van der Waals surface area contributed by atoms with Gasteiger partial charge in [-0.2, -0.15) is 10.1 Å². The van der Waals surface area contributed by atoms with Crippen LogP contribution >= 0.6 is 0 Å². The summed E-state index contributed by atoms with van der Waals surface area (Å²) in [6, 6.07) is 0. The third-order valence-electron chi connectivity index (χ3n) is 4.06. The van der Waals surface area contributed by atoms with Crippen molar-refractivity contribution in [1.82, 2.24) is 29.7 Å². The Morgan fingerprint density at radius 2 is 2.00 bits per heavy atom. The van der Waals surface area contributed by atoms with Crippen molar-refractivity contribution < 1.29 is 4.52 Å². The lowest BCUT2D eigenvalue weighted by Crippen LogP contribution is -2.44. The molecule has 0 bridgehead atoms. The number of rotatable bonds is 5. The maximum absolute atomic E-state index is 5.43. The zero-order chi connectivity index (χ0) is 15.5. The topological polar surface area (TPSA) is 63.2 Å². The second kappa shape index (κ2) is 6.58. The summed E-state index contributed by atoms with van der Waals surface area (Å²) >= 11 is 0. The van der Waals surface area contributed by atoms with Gasteiger partial charge in [0, 0.05) is 38.9 Å². The van der Waals surface area contributed by atoms with Gasteiger partial charge >= 0.3 is 0 Å². The number of hydrogen-bond acceptors (Lipinski definition) is 6. The van der Waals surface area contributed by atoms with Crippen LogP contribution < -0.4 is 0 Å². The first-order chi connectivity index (χ1) is 10.7. The standard InChI is InChI=1S/C15H24N6O/c1-4-5-21-10-13(12(2)17-21)15-16-14(18-22-15)11-20-8-6-19(3)7-9-20/h10H,4-9,11H2,1-3H3. The molecule has 0 saturated carbocycles. The lowest BCUT2D eigenvalue weighted by Gasteiger charge is -2.31. The van der Waals surface area contributed by atoms with Crippen LogP contribution in [0.1, 0.15) is 24.9 Å².